The molecule has 0 amide bonds. The van der Waals surface area contributed by atoms with Crippen LogP contribution in [0.5, 0.6) is 0 Å². The summed E-state index contributed by atoms with van der Waals surface area (Å²) in [5.74, 6) is 0.550. The Balaban J connectivity index is 2.11. The Bertz CT molecular complexity index is 119. The normalized spacial score (nSPS) is 30.5. The van der Waals surface area contributed by atoms with Crippen molar-refractivity contribution in [1.82, 2.24) is 0 Å². The number of ether oxygens (including phenoxy) is 2. The number of hydrogen-bond donors (Lipinski definition) is 1. The summed E-state index contributed by atoms with van der Waals surface area (Å²) in [4.78, 5) is 0. The van der Waals surface area contributed by atoms with Crippen LogP contribution in [0.2, 0.25) is 0 Å². The molecule has 0 saturated carbocycles. The van der Waals surface area contributed by atoms with Crippen molar-refractivity contribution in [2.45, 2.75) is 25.3 Å². The van der Waals surface area contributed by atoms with Gasteiger partial charge in [0.25, 0.3) is 0 Å². The summed E-state index contributed by atoms with van der Waals surface area (Å²) in [6.07, 6.45) is 3.24. The quantitative estimate of drug-likeness (QED) is 0.639. The number of nitrogens with two attached hydrogens (primary N) is 1. The fourth-order valence-electron chi connectivity index (χ4n) is 1.60. The molecule has 1 aliphatic rings. The van der Waals surface area contributed by atoms with Crippen LogP contribution in [0.25, 0.3) is 0 Å². The van der Waals surface area contributed by atoms with E-state index in [1.165, 1.54) is 0 Å². The van der Waals surface area contributed by atoms with E-state index in [4.69, 9.17) is 15.2 Å². The molecule has 0 aliphatic carbocycles. The maximum Gasteiger partial charge on any atom is 0.0509 e. The smallest absolute Gasteiger partial charge is 0.0509 e. The average Bonchev–Trinajstić information content (AvgIpc) is 2.09. The highest BCUT2D eigenvalue weighted by Gasteiger charge is 2.21. The lowest BCUT2D eigenvalue weighted by Crippen LogP contribution is -2.38. The molecule has 2 atom stereocenters. The lowest BCUT2D eigenvalue weighted by Gasteiger charge is -2.28. The zero-order chi connectivity index (χ0) is 8.81. The molecule has 72 valence electrons. The molecule has 2 N–H and O–H groups in total. The predicted octanol–water partition coefficient (Wildman–Crippen LogP) is 0.777. The highest BCUT2D eigenvalue weighted by atomic mass is 16.5. The van der Waals surface area contributed by atoms with E-state index in [0.29, 0.717) is 12.0 Å². The van der Waals surface area contributed by atoms with Crippen LogP contribution >= 0.6 is 0 Å². The molecule has 1 aliphatic heterocycles. The number of hydrogen-bond acceptors (Lipinski definition) is 3. The molecular weight excluding hydrogens is 154 g/mol. The van der Waals surface area contributed by atoms with E-state index in [-0.39, 0.29) is 0 Å². The van der Waals surface area contributed by atoms with Gasteiger partial charge in [-0.25, -0.2) is 0 Å². The topological polar surface area (TPSA) is 44.5 Å². The van der Waals surface area contributed by atoms with Crippen molar-refractivity contribution in [1.29, 1.82) is 0 Å². The Morgan fingerprint density at radius 2 is 2.42 bits per heavy atom. The Morgan fingerprint density at radius 3 is 3.08 bits per heavy atom. The largest absolute Gasteiger partial charge is 0.385 e. The SMILES string of the molecule is COCCCC1COCCC1N. The van der Waals surface area contributed by atoms with Gasteiger partial charge >= 0.3 is 0 Å². The van der Waals surface area contributed by atoms with Gasteiger partial charge in [0.05, 0.1) is 6.61 Å². The second-order valence-corrected chi connectivity index (χ2v) is 3.42. The molecule has 0 aromatic rings. The molecule has 1 saturated heterocycles. The Hall–Kier alpha value is -0.120. The van der Waals surface area contributed by atoms with E-state index in [2.05, 4.69) is 0 Å². The molecule has 0 radical (unpaired) electrons. The molecule has 0 spiro atoms. The molecule has 0 aromatic heterocycles. The minimum Gasteiger partial charge on any atom is -0.385 e. The lowest BCUT2D eigenvalue weighted by molar-refractivity contribution is 0.0351. The molecule has 1 heterocycles. The first-order valence-corrected chi connectivity index (χ1v) is 4.67. The zero-order valence-corrected chi connectivity index (χ0v) is 7.79. The van der Waals surface area contributed by atoms with E-state index in [9.17, 15) is 0 Å². The van der Waals surface area contributed by atoms with Gasteiger partial charge in [0, 0.05) is 26.4 Å². The molecule has 2 unspecified atom stereocenters. The van der Waals surface area contributed by atoms with Gasteiger partial charge in [-0.2, -0.15) is 0 Å². The van der Waals surface area contributed by atoms with E-state index in [0.717, 1.165) is 39.1 Å². The highest BCUT2D eigenvalue weighted by Crippen LogP contribution is 2.17. The van der Waals surface area contributed by atoms with Crippen LogP contribution in [0.1, 0.15) is 19.3 Å². The molecule has 3 heteroatoms. The lowest BCUT2D eigenvalue weighted by atomic mass is 9.92. The predicted molar refractivity (Wildman–Crippen MR) is 48.0 cm³/mol. The standard InChI is InChI=1S/C9H19NO2/c1-11-5-2-3-8-7-12-6-4-9(8)10/h8-9H,2-7,10H2,1H3. The van der Waals surface area contributed by atoms with Gasteiger partial charge in [0.1, 0.15) is 0 Å². The summed E-state index contributed by atoms with van der Waals surface area (Å²) in [7, 11) is 1.73. The van der Waals surface area contributed by atoms with E-state index in [1.807, 2.05) is 0 Å². The van der Waals surface area contributed by atoms with Gasteiger partial charge in [-0.05, 0) is 25.2 Å². The molecule has 1 fully saturated rings. The first-order valence-electron chi connectivity index (χ1n) is 4.67. The zero-order valence-electron chi connectivity index (χ0n) is 7.79. The van der Waals surface area contributed by atoms with Crippen LogP contribution in [0.15, 0.2) is 0 Å². The third-order valence-corrected chi connectivity index (χ3v) is 2.46. The van der Waals surface area contributed by atoms with Crippen LogP contribution < -0.4 is 5.73 Å². The van der Waals surface area contributed by atoms with Crippen molar-refractivity contribution in [3.63, 3.8) is 0 Å². The third kappa shape index (κ3) is 3.09. The number of rotatable bonds is 4. The second kappa shape index (κ2) is 5.51. The maximum absolute atomic E-state index is 5.94. The number of methoxy groups -OCH3 is 1. The van der Waals surface area contributed by atoms with Crippen LogP contribution in [-0.2, 0) is 9.47 Å². The summed E-state index contributed by atoms with van der Waals surface area (Å²) < 4.78 is 10.3. The fourth-order valence-corrected chi connectivity index (χ4v) is 1.60. The van der Waals surface area contributed by atoms with Crippen LogP contribution in [-0.4, -0.2) is 33.0 Å². The van der Waals surface area contributed by atoms with Crippen LogP contribution in [0.3, 0.4) is 0 Å². The monoisotopic (exact) mass is 173 g/mol. The first kappa shape index (κ1) is 9.96. The Labute approximate surface area is 74.2 Å². The summed E-state index contributed by atoms with van der Waals surface area (Å²) in [6.45, 7) is 2.51. The van der Waals surface area contributed by atoms with Crippen molar-refractivity contribution in [2.75, 3.05) is 26.9 Å². The van der Waals surface area contributed by atoms with Crippen molar-refractivity contribution in [2.24, 2.45) is 11.7 Å². The van der Waals surface area contributed by atoms with Gasteiger partial charge in [0.15, 0.2) is 0 Å². The first-order chi connectivity index (χ1) is 5.84. The van der Waals surface area contributed by atoms with Crippen molar-refractivity contribution >= 4 is 0 Å². The molecule has 0 bridgehead atoms. The minimum absolute atomic E-state index is 0.343. The van der Waals surface area contributed by atoms with Crippen LogP contribution in [0, 0.1) is 5.92 Å². The Kier molecular flexibility index (Phi) is 4.58. The summed E-state index contributed by atoms with van der Waals surface area (Å²) >= 11 is 0. The maximum atomic E-state index is 5.94. The van der Waals surface area contributed by atoms with E-state index >= 15 is 0 Å². The van der Waals surface area contributed by atoms with Gasteiger partial charge in [-0.15, -0.1) is 0 Å². The average molecular weight is 173 g/mol. The molecular formula is C9H19NO2. The Morgan fingerprint density at radius 1 is 1.58 bits per heavy atom. The molecule has 1 rings (SSSR count). The van der Waals surface area contributed by atoms with E-state index in [1.54, 1.807) is 7.11 Å². The highest BCUT2D eigenvalue weighted by molar-refractivity contribution is 4.75. The third-order valence-electron chi connectivity index (χ3n) is 2.46. The molecule has 3 nitrogen and oxygen atoms in total. The second-order valence-electron chi connectivity index (χ2n) is 3.42. The van der Waals surface area contributed by atoms with Gasteiger partial charge < -0.3 is 15.2 Å². The van der Waals surface area contributed by atoms with Gasteiger partial charge in [-0.3, -0.25) is 0 Å². The van der Waals surface area contributed by atoms with Gasteiger partial charge in [-0.1, -0.05) is 0 Å². The summed E-state index contributed by atoms with van der Waals surface area (Å²) in [5, 5.41) is 0. The minimum atomic E-state index is 0.343. The fraction of sp³-hybridized carbons (Fsp3) is 1.00. The summed E-state index contributed by atoms with van der Waals surface area (Å²) in [5.41, 5.74) is 5.94. The van der Waals surface area contributed by atoms with Crippen molar-refractivity contribution < 1.29 is 9.47 Å². The van der Waals surface area contributed by atoms with E-state index < -0.39 is 0 Å². The molecule has 12 heavy (non-hydrogen) atoms. The van der Waals surface area contributed by atoms with Gasteiger partial charge in [0.2, 0.25) is 0 Å². The van der Waals surface area contributed by atoms with Crippen molar-refractivity contribution in [3.05, 3.63) is 0 Å². The van der Waals surface area contributed by atoms with Crippen molar-refractivity contribution in [3.8, 4) is 0 Å². The molecule has 0 aromatic carbocycles. The van der Waals surface area contributed by atoms with Crippen LogP contribution in [0.4, 0.5) is 0 Å². The summed E-state index contributed by atoms with van der Waals surface area (Å²) in [6, 6.07) is 0.343.